The number of carbonyl (C=O) groups is 1. The van der Waals surface area contributed by atoms with Gasteiger partial charge in [-0.15, -0.1) is 0 Å². The predicted molar refractivity (Wildman–Crippen MR) is 120 cm³/mol. The van der Waals surface area contributed by atoms with Crippen molar-refractivity contribution < 1.29 is 17.6 Å². The van der Waals surface area contributed by atoms with Crippen LogP contribution >= 0.6 is 0 Å². The van der Waals surface area contributed by atoms with Gasteiger partial charge in [-0.1, -0.05) is 36.4 Å². The Morgan fingerprint density at radius 2 is 1.74 bits per heavy atom. The van der Waals surface area contributed by atoms with Gasteiger partial charge in [-0.2, -0.15) is 0 Å². The number of benzene rings is 2. The van der Waals surface area contributed by atoms with Crippen LogP contribution in [0.2, 0.25) is 0 Å². The van der Waals surface area contributed by atoms with Crippen molar-refractivity contribution in [3.8, 4) is 0 Å². The lowest BCUT2D eigenvalue weighted by molar-refractivity contribution is -0.117. The van der Waals surface area contributed by atoms with E-state index in [1.807, 2.05) is 47.4 Å². The van der Waals surface area contributed by atoms with Crippen molar-refractivity contribution in [3.05, 3.63) is 83.8 Å². The summed E-state index contributed by atoms with van der Waals surface area (Å²) in [6.45, 7) is 2.90. The Balaban J connectivity index is 1.74. The van der Waals surface area contributed by atoms with Gasteiger partial charge in [-0.3, -0.25) is 9.69 Å². The summed E-state index contributed by atoms with van der Waals surface area (Å²) < 4.78 is 31.7. The number of hydrogen-bond acceptors (Lipinski definition) is 5. The zero-order valence-corrected chi connectivity index (χ0v) is 18.7. The summed E-state index contributed by atoms with van der Waals surface area (Å²) in [6, 6.07) is 18.5. The predicted octanol–water partition coefficient (Wildman–Crippen LogP) is 3.48. The van der Waals surface area contributed by atoms with Crippen LogP contribution in [0.4, 0.5) is 5.69 Å². The van der Waals surface area contributed by atoms with E-state index in [0.29, 0.717) is 24.3 Å². The van der Waals surface area contributed by atoms with E-state index in [0.717, 1.165) is 15.6 Å². The maximum atomic E-state index is 12.8. The van der Waals surface area contributed by atoms with Gasteiger partial charge in [0.15, 0.2) is 0 Å². The Morgan fingerprint density at radius 3 is 2.39 bits per heavy atom. The number of anilines is 1. The number of aryl methyl sites for hydroxylation is 1. The summed E-state index contributed by atoms with van der Waals surface area (Å²) in [5, 5.41) is 2.82. The van der Waals surface area contributed by atoms with E-state index in [2.05, 4.69) is 5.32 Å². The van der Waals surface area contributed by atoms with Crippen molar-refractivity contribution >= 4 is 21.6 Å². The van der Waals surface area contributed by atoms with Gasteiger partial charge in [0.1, 0.15) is 5.76 Å². The first kappa shape index (κ1) is 22.7. The molecule has 1 heterocycles. The number of sulfonamides is 1. The van der Waals surface area contributed by atoms with Crippen molar-refractivity contribution in [1.82, 2.24) is 9.21 Å². The van der Waals surface area contributed by atoms with Crippen LogP contribution in [-0.2, 0) is 27.9 Å². The molecule has 164 valence electrons. The number of furan rings is 1. The zero-order chi connectivity index (χ0) is 22.4. The van der Waals surface area contributed by atoms with Crippen LogP contribution < -0.4 is 5.32 Å². The van der Waals surface area contributed by atoms with E-state index in [-0.39, 0.29) is 17.3 Å². The summed E-state index contributed by atoms with van der Waals surface area (Å²) in [5.41, 5.74) is 2.14. The van der Waals surface area contributed by atoms with Crippen LogP contribution in [0.5, 0.6) is 0 Å². The number of rotatable bonds is 9. The molecule has 0 aliphatic heterocycles. The van der Waals surface area contributed by atoms with E-state index in [4.69, 9.17) is 4.42 Å². The second-order valence-corrected chi connectivity index (χ2v) is 9.65. The zero-order valence-electron chi connectivity index (χ0n) is 17.9. The van der Waals surface area contributed by atoms with Crippen molar-refractivity contribution in [1.29, 1.82) is 0 Å². The second kappa shape index (κ2) is 9.91. The summed E-state index contributed by atoms with van der Waals surface area (Å²) in [5.74, 6) is 0.526. The molecule has 0 bridgehead atoms. The van der Waals surface area contributed by atoms with Gasteiger partial charge in [0.25, 0.3) is 0 Å². The minimum Gasteiger partial charge on any atom is -0.468 e. The maximum absolute atomic E-state index is 12.8. The fourth-order valence-corrected chi connectivity index (χ4v) is 4.33. The fourth-order valence-electron chi connectivity index (χ4n) is 3.19. The van der Waals surface area contributed by atoms with Gasteiger partial charge in [0.05, 0.1) is 24.2 Å². The molecule has 0 saturated carbocycles. The van der Waals surface area contributed by atoms with Crippen molar-refractivity contribution in [2.45, 2.75) is 24.9 Å². The van der Waals surface area contributed by atoms with Crippen LogP contribution in [0.1, 0.15) is 16.9 Å². The molecular formula is C23H27N3O4S. The molecule has 0 saturated heterocycles. The number of amides is 1. The molecule has 1 aromatic heterocycles. The van der Waals surface area contributed by atoms with Gasteiger partial charge in [0, 0.05) is 26.3 Å². The standard InChI is InChI=1S/C23H27N3O4S/c1-18-11-12-20(14-22(18)31(28,29)25(2)3)24-23(27)17-26(16-21-10-7-13-30-21)15-19-8-5-4-6-9-19/h4-14H,15-17H2,1-3H3,(H,24,27). The first-order valence-electron chi connectivity index (χ1n) is 9.87. The average Bonchev–Trinajstić information content (AvgIpc) is 3.23. The highest BCUT2D eigenvalue weighted by molar-refractivity contribution is 7.89. The lowest BCUT2D eigenvalue weighted by Crippen LogP contribution is -2.32. The summed E-state index contributed by atoms with van der Waals surface area (Å²) in [4.78, 5) is 14.9. The highest BCUT2D eigenvalue weighted by Gasteiger charge is 2.21. The minimum absolute atomic E-state index is 0.124. The molecule has 8 heteroatoms. The molecule has 0 spiro atoms. The fraction of sp³-hybridized carbons (Fsp3) is 0.261. The quantitative estimate of drug-likeness (QED) is 0.550. The topological polar surface area (TPSA) is 82.9 Å². The lowest BCUT2D eigenvalue weighted by atomic mass is 10.2. The van der Waals surface area contributed by atoms with E-state index < -0.39 is 10.0 Å². The molecule has 0 aliphatic rings. The Bertz CT molecular complexity index is 1110. The van der Waals surface area contributed by atoms with Gasteiger partial charge in [-0.25, -0.2) is 12.7 Å². The van der Waals surface area contributed by atoms with Gasteiger partial charge in [-0.05, 0) is 42.3 Å². The van der Waals surface area contributed by atoms with Gasteiger partial charge >= 0.3 is 0 Å². The summed E-state index contributed by atoms with van der Waals surface area (Å²) >= 11 is 0. The van der Waals surface area contributed by atoms with E-state index >= 15 is 0 Å². The molecule has 1 amide bonds. The molecule has 0 radical (unpaired) electrons. The van der Waals surface area contributed by atoms with Crippen LogP contribution in [0.3, 0.4) is 0 Å². The number of nitrogens with zero attached hydrogens (tertiary/aromatic N) is 2. The van der Waals surface area contributed by atoms with Crippen molar-refractivity contribution in [2.24, 2.45) is 0 Å². The van der Waals surface area contributed by atoms with Crippen LogP contribution in [0.25, 0.3) is 0 Å². The Labute approximate surface area is 183 Å². The highest BCUT2D eigenvalue weighted by Crippen LogP contribution is 2.22. The van der Waals surface area contributed by atoms with Gasteiger partial charge < -0.3 is 9.73 Å². The minimum atomic E-state index is -3.60. The van der Waals surface area contributed by atoms with Crippen LogP contribution in [-0.4, -0.2) is 44.2 Å². The number of nitrogens with one attached hydrogen (secondary N) is 1. The molecule has 0 atom stereocenters. The monoisotopic (exact) mass is 441 g/mol. The van der Waals surface area contributed by atoms with Crippen LogP contribution in [0, 0.1) is 6.92 Å². The van der Waals surface area contributed by atoms with E-state index in [1.54, 1.807) is 25.3 Å². The lowest BCUT2D eigenvalue weighted by Gasteiger charge is -2.21. The Kier molecular flexibility index (Phi) is 7.27. The normalized spacial score (nSPS) is 11.8. The van der Waals surface area contributed by atoms with Crippen molar-refractivity contribution in [2.75, 3.05) is 26.0 Å². The average molecular weight is 442 g/mol. The third-order valence-corrected chi connectivity index (χ3v) is 6.76. The SMILES string of the molecule is Cc1ccc(NC(=O)CN(Cc2ccccc2)Cc2ccco2)cc1S(=O)(=O)N(C)C. The summed E-state index contributed by atoms with van der Waals surface area (Å²) in [7, 11) is -0.640. The van der Waals surface area contributed by atoms with Crippen LogP contribution in [0.15, 0.2) is 76.2 Å². The third kappa shape index (κ3) is 6.04. The first-order chi connectivity index (χ1) is 14.8. The van der Waals surface area contributed by atoms with E-state index in [1.165, 1.54) is 20.2 Å². The molecule has 0 aliphatic carbocycles. The maximum Gasteiger partial charge on any atom is 0.242 e. The molecule has 0 fully saturated rings. The molecule has 7 nitrogen and oxygen atoms in total. The highest BCUT2D eigenvalue weighted by atomic mass is 32.2. The molecule has 3 aromatic rings. The molecule has 2 aromatic carbocycles. The van der Waals surface area contributed by atoms with Crippen molar-refractivity contribution in [3.63, 3.8) is 0 Å². The molecule has 1 N–H and O–H groups in total. The summed E-state index contributed by atoms with van der Waals surface area (Å²) in [6.07, 6.45) is 1.61. The van der Waals surface area contributed by atoms with Gasteiger partial charge in [0.2, 0.25) is 15.9 Å². The number of carbonyl (C=O) groups excluding carboxylic acids is 1. The second-order valence-electron chi connectivity index (χ2n) is 7.53. The number of hydrogen-bond donors (Lipinski definition) is 1. The molecule has 3 rings (SSSR count). The first-order valence-corrected chi connectivity index (χ1v) is 11.3. The molecule has 31 heavy (non-hydrogen) atoms. The molecule has 0 unspecified atom stereocenters. The Hall–Kier alpha value is -2.94. The largest absolute Gasteiger partial charge is 0.468 e. The third-order valence-electron chi connectivity index (χ3n) is 4.81. The smallest absolute Gasteiger partial charge is 0.242 e. The Morgan fingerprint density at radius 1 is 1.00 bits per heavy atom. The molecular weight excluding hydrogens is 414 g/mol. The van der Waals surface area contributed by atoms with E-state index in [9.17, 15) is 13.2 Å².